The molecule has 1 atom stereocenters. The van der Waals surface area contributed by atoms with Crippen LogP contribution in [0.4, 0.5) is 0 Å². The van der Waals surface area contributed by atoms with Gasteiger partial charge >= 0.3 is 0 Å². The van der Waals surface area contributed by atoms with Crippen LogP contribution in [0.5, 0.6) is 0 Å². The fourth-order valence-corrected chi connectivity index (χ4v) is 6.05. The number of guanidine groups is 1. The Kier molecular flexibility index (Phi) is 12.0. The van der Waals surface area contributed by atoms with Crippen molar-refractivity contribution in [1.29, 1.82) is 0 Å². The maximum absolute atomic E-state index is 12.3. The summed E-state index contributed by atoms with van der Waals surface area (Å²) < 4.78 is 30.1. The lowest BCUT2D eigenvalue weighted by atomic mass is 9.83. The number of ether oxygens (including phenoxy) is 1. The van der Waals surface area contributed by atoms with Crippen molar-refractivity contribution in [1.82, 2.24) is 10.6 Å². The van der Waals surface area contributed by atoms with Crippen molar-refractivity contribution in [3.05, 3.63) is 17.5 Å². The number of rotatable bonds is 11. The molecule has 168 valence electrons. The van der Waals surface area contributed by atoms with E-state index in [0.717, 1.165) is 25.9 Å². The van der Waals surface area contributed by atoms with Gasteiger partial charge in [-0.25, -0.2) is 8.42 Å². The molecule has 0 aliphatic heterocycles. The second-order valence-electron chi connectivity index (χ2n) is 7.39. The summed E-state index contributed by atoms with van der Waals surface area (Å²) in [7, 11) is -1.74. The van der Waals surface area contributed by atoms with E-state index in [1.807, 2.05) is 6.92 Å². The summed E-state index contributed by atoms with van der Waals surface area (Å²) in [6.45, 7) is 4.24. The third kappa shape index (κ3) is 8.68. The molecule has 10 heteroatoms. The lowest BCUT2D eigenvalue weighted by Gasteiger charge is -2.27. The average molecular weight is 560 g/mol. The molecule has 1 fully saturated rings. The van der Waals surface area contributed by atoms with Gasteiger partial charge in [-0.3, -0.25) is 4.99 Å². The molecule has 1 aromatic rings. The maximum atomic E-state index is 12.3. The van der Waals surface area contributed by atoms with Crippen molar-refractivity contribution in [2.75, 3.05) is 39.1 Å². The Labute approximate surface area is 195 Å². The SMILES string of the molecule is CCNC(=NCC1(CCOC)CCCC1)NCC(O)CS(=O)(=O)c1cccs1.I. The maximum Gasteiger partial charge on any atom is 0.191 e. The van der Waals surface area contributed by atoms with Gasteiger partial charge in [0.2, 0.25) is 0 Å². The molecule has 0 amide bonds. The van der Waals surface area contributed by atoms with Crippen molar-refractivity contribution in [3.63, 3.8) is 0 Å². The summed E-state index contributed by atoms with van der Waals surface area (Å²) >= 11 is 1.17. The van der Waals surface area contributed by atoms with Crippen LogP contribution in [0.25, 0.3) is 0 Å². The van der Waals surface area contributed by atoms with Gasteiger partial charge < -0.3 is 20.5 Å². The number of hydrogen-bond acceptors (Lipinski definition) is 6. The predicted molar refractivity (Wildman–Crippen MR) is 129 cm³/mol. The number of nitrogens with zero attached hydrogens (tertiary/aromatic N) is 1. The predicted octanol–water partition coefficient (Wildman–Crippen LogP) is 2.65. The van der Waals surface area contributed by atoms with Gasteiger partial charge in [0.1, 0.15) is 4.21 Å². The van der Waals surface area contributed by atoms with Crippen LogP contribution in [0, 0.1) is 5.41 Å². The first-order chi connectivity index (χ1) is 13.4. The summed E-state index contributed by atoms with van der Waals surface area (Å²) in [5.74, 6) is 0.302. The van der Waals surface area contributed by atoms with Crippen LogP contribution in [0.2, 0.25) is 0 Å². The Hall–Kier alpha value is -0.430. The summed E-state index contributed by atoms with van der Waals surface area (Å²) in [4.78, 5) is 4.72. The molecule has 1 aliphatic rings. The molecule has 1 saturated carbocycles. The molecule has 0 saturated heterocycles. The molecule has 0 bridgehead atoms. The van der Waals surface area contributed by atoms with Gasteiger partial charge in [-0.15, -0.1) is 35.3 Å². The number of methoxy groups -OCH3 is 1. The van der Waals surface area contributed by atoms with Crippen molar-refractivity contribution < 1.29 is 18.3 Å². The van der Waals surface area contributed by atoms with Crippen LogP contribution < -0.4 is 10.6 Å². The smallest absolute Gasteiger partial charge is 0.191 e. The van der Waals surface area contributed by atoms with Crippen LogP contribution >= 0.6 is 35.3 Å². The van der Waals surface area contributed by atoms with Crippen LogP contribution in [-0.2, 0) is 14.6 Å². The quantitative estimate of drug-likeness (QED) is 0.219. The highest BCUT2D eigenvalue weighted by Gasteiger charge is 2.33. The monoisotopic (exact) mass is 559 g/mol. The molecule has 7 nitrogen and oxygen atoms in total. The second kappa shape index (κ2) is 13.1. The van der Waals surface area contributed by atoms with Crippen LogP contribution in [0.3, 0.4) is 0 Å². The van der Waals surface area contributed by atoms with E-state index in [2.05, 4.69) is 10.6 Å². The Bertz CT molecular complexity index is 705. The Morgan fingerprint density at radius 3 is 2.69 bits per heavy atom. The number of nitrogens with one attached hydrogen (secondary N) is 2. The van der Waals surface area contributed by atoms with Crippen LogP contribution in [0.1, 0.15) is 39.0 Å². The molecule has 1 aromatic heterocycles. The van der Waals surface area contributed by atoms with Gasteiger partial charge in [0.05, 0.1) is 11.9 Å². The fourth-order valence-electron chi connectivity index (χ4n) is 3.57. The van der Waals surface area contributed by atoms with E-state index in [4.69, 9.17) is 9.73 Å². The van der Waals surface area contributed by atoms with E-state index in [1.165, 1.54) is 24.2 Å². The molecule has 29 heavy (non-hydrogen) atoms. The van der Waals surface area contributed by atoms with E-state index in [-0.39, 0.29) is 45.9 Å². The van der Waals surface area contributed by atoms with E-state index in [1.54, 1.807) is 24.6 Å². The molecular formula is C19H34IN3O4S2. The minimum absolute atomic E-state index is 0. The highest BCUT2D eigenvalue weighted by molar-refractivity contribution is 14.0. The van der Waals surface area contributed by atoms with Gasteiger partial charge in [-0.05, 0) is 43.0 Å². The largest absolute Gasteiger partial charge is 0.390 e. The van der Waals surface area contributed by atoms with E-state index in [9.17, 15) is 13.5 Å². The molecule has 0 aromatic carbocycles. The first-order valence-electron chi connectivity index (χ1n) is 9.86. The number of thiophene rings is 1. The zero-order chi connectivity index (χ0) is 20.5. The number of aliphatic hydroxyl groups excluding tert-OH is 1. The topological polar surface area (TPSA) is 100 Å². The first-order valence-corrected chi connectivity index (χ1v) is 12.4. The normalized spacial score (nSPS) is 17.6. The molecular weight excluding hydrogens is 525 g/mol. The van der Waals surface area contributed by atoms with Crippen molar-refractivity contribution >= 4 is 51.1 Å². The second-order valence-corrected chi connectivity index (χ2v) is 10.6. The number of hydrogen-bond donors (Lipinski definition) is 3. The van der Waals surface area contributed by atoms with Crippen molar-refractivity contribution in [2.45, 2.75) is 49.3 Å². The minimum Gasteiger partial charge on any atom is -0.390 e. The summed E-state index contributed by atoms with van der Waals surface area (Å²) in [5, 5.41) is 18.2. The van der Waals surface area contributed by atoms with Crippen molar-refractivity contribution in [3.8, 4) is 0 Å². The zero-order valence-electron chi connectivity index (χ0n) is 17.2. The molecule has 2 rings (SSSR count). The van der Waals surface area contributed by atoms with Gasteiger partial charge in [-0.2, -0.15) is 0 Å². The third-order valence-electron chi connectivity index (χ3n) is 5.14. The highest BCUT2D eigenvalue weighted by Crippen LogP contribution is 2.41. The van der Waals surface area contributed by atoms with E-state index in [0.29, 0.717) is 19.0 Å². The number of aliphatic hydroxyl groups is 1. The Morgan fingerprint density at radius 2 is 2.10 bits per heavy atom. The van der Waals surface area contributed by atoms with Crippen LogP contribution in [-0.4, -0.2) is 64.7 Å². The molecule has 0 radical (unpaired) electrons. The van der Waals surface area contributed by atoms with E-state index >= 15 is 0 Å². The van der Waals surface area contributed by atoms with Gasteiger partial charge in [0.15, 0.2) is 15.8 Å². The van der Waals surface area contributed by atoms with Gasteiger partial charge in [0.25, 0.3) is 0 Å². The third-order valence-corrected chi connectivity index (χ3v) is 8.42. The zero-order valence-corrected chi connectivity index (χ0v) is 21.2. The van der Waals surface area contributed by atoms with E-state index < -0.39 is 15.9 Å². The fraction of sp³-hybridized carbons (Fsp3) is 0.737. The molecule has 0 spiro atoms. The van der Waals surface area contributed by atoms with Gasteiger partial charge in [0, 0.05) is 33.4 Å². The molecule has 1 unspecified atom stereocenters. The van der Waals surface area contributed by atoms with Gasteiger partial charge in [-0.1, -0.05) is 18.9 Å². The summed E-state index contributed by atoms with van der Waals surface area (Å²) in [6, 6.07) is 3.26. The van der Waals surface area contributed by atoms with Crippen LogP contribution in [0.15, 0.2) is 26.7 Å². The Balaban J connectivity index is 0.00000420. The average Bonchev–Trinajstić information content (AvgIpc) is 3.35. The summed E-state index contributed by atoms with van der Waals surface area (Å²) in [5.41, 5.74) is 0.180. The number of sulfone groups is 1. The lowest BCUT2D eigenvalue weighted by Crippen LogP contribution is -2.43. The molecule has 1 aliphatic carbocycles. The highest BCUT2D eigenvalue weighted by atomic mass is 127. The number of halogens is 1. The lowest BCUT2D eigenvalue weighted by molar-refractivity contribution is 0.141. The molecule has 3 N–H and O–H groups in total. The summed E-state index contributed by atoms with van der Waals surface area (Å²) in [6.07, 6.45) is 4.74. The van der Waals surface area contributed by atoms with Crippen molar-refractivity contribution in [2.24, 2.45) is 10.4 Å². The number of aliphatic imine (C=N–C) groups is 1. The molecule has 1 heterocycles. The standard InChI is InChI=1S/C19H33N3O4S2.HI/c1-3-20-18(22-15-19(10-11-26-2)8-4-5-9-19)21-13-16(23)14-28(24,25)17-7-6-12-27-17;/h6-7,12,16,23H,3-5,8-11,13-15H2,1-2H3,(H2,20,21,22);1H. The Morgan fingerprint density at radius 1 is 1.38 bits per heavy atom. The minimum atomic E-state index is -3.47. The first kappa shape index (κ1) is 26.6.